The lowest BCUT2D eigenvalue weighted by molar-refractivity contribution is 0.0227. The first kappa shape index (κ1) is 22.3. The molecule has 3 fully saturated rings. The first-order chi connectivity index (χ1) is 12.8. The van der Waals surface area contributed by atoms with E-state index in [1.165, 1.54) is 83.5 Å². The van der Waals surface area contributed by atoms with Crippen molar-refractivity contribution in [3.8, 4) is 0 Å². The highest BCUT2D eigenvalue weighted by atomic mass is 32.5. The number of hydrogen-bond donors (Lipinski definition) is 0. The van der Waals surface area contributed by atoms with Crippen LogP contribution in [0.4, 0.5) is 0 Å². The van der Waals surface area contributed by atoms with Crippen molar-refractivity contribution in [3.05, 3.63) is 0 Å². The molecule has 3 aliphatic rings. The highest BCUT2D eigenvalue weighted by Gasteiger charge is 2.41. The summed E-state index contributed by atoms with van der Waals surface area (Å²) in [5.74, 6) is 2.72. The number of rotatable bonds is 6. The fraction of sp³-hybridized carbons (Fsp3) is 1.00. The Bertz CT molecular complexity index is 499. The van der Waals surface area contributed by atoms with Gasteiger partial charge < -0.3 is 9.05 Å². The molecule has 0 saturated heterocycles. The molecule has 0 aliphatic heterocycles. The van der Waals surface area contributed by atoms with E-state index in [1.54, 1.807) is 7.11 Å². The predicted octanol–water partition coefficient (Wildman–Crippen LogP) is 7.70. The minimum Gasteiger partial charge on any atom is -0.332 e. The Labute approximate surface area is 173 Å². The van der Waals surface area contributed by atoms with Crippen molar-refractivity contribution in [1.29, 1.82) is 0 Å². The van der Waals surface area contributed by atoms with Crippen LogP contribution in [0, 0.1) is 23.2 Å². The van der Waals surface area contributed by atoms with E-state index in [0.29, 0.717) is 17.2 Å². The van der Waals surface area contributed by atoms with Crippen molar-refractivity contribution in [3.63, 3.8) is 0 Å². The highest BCUT2D eigenvalue weighted by Crippen LogP contribution is 2.59. The molecule has 0 N–H and O–H groups in total. The minimum atomic E-state index is -2.10. The fourth-order valence-electron chi connectivity index (χ4n) is 6.13. The summed E-state index contributed by atoms with van der Waals surface area (Å²) in [6.07, 6.45) is 17.5. The highest BCUT2D eigenvalue weighted by molar-refractivity contribution is 8.10. The van der Waals surface area contributed by atoms with Crippen molar-refractivity contribution in [1.82, 2.24) is 0 Å². The van der Waals surface area contributed by atoms with Crippen molar-refractivity contribution >= 4 is 18.3 Å². The second kappa shape index (κ2) is 9.59. The molecule has 0 amide bonds. The van der Waals surface area contributed by atoms with Gasteiger partial charge in [0.05, 0.1) is 6.10 Å². The second-order valence-electron chi connectivity index (χ2n) is 10.4. The summed E-state index contributed by atoms with van der Waals surface area (Å²) in [6.45, 7) is 5.44. The molecule has 0 spiro atoms. The Balaban J connectivity index is 1.52. The van der Waals surface area contributed by atoms with E-state index in [9.17, 15) is 0 Å². The van der Waals surface area contributed by atoms with Gasteiger partial charge in [0, 0.05) is 12.8 Å². The quantitative estimate of drug-likeness (QED) is 0.415. The van der Waals surface area contributed by atoms with E-state index in [1.807, 2.05) is 0 Å². The van der Waals surface area contributed by atoms with Gasteiger partial charge in [-0.3, -0.25) is 0 Å². The average Bonchev–Trinajstić information content (AvgIpc) is 2.69. The Kier molecular flexibility index (Phi) is 7.90. The maximum absolute atomic E-state index is 6.59. The first-order valence-electron chi connectivity index (χ1n) is 11.7. The molecule has 4 heteroatoms. The third-order valence-corrected chi connectivity index (χ3v) is 12.5. The van der Waals surface area contributed by atoms with Gasteiger partial charge in [-0.2, -0.15) is 0 Å². The van der Waals surface area contributed by atoms with Crippen molar-refractivity contribution in [2.24, 2.45) is 23.2 Å². The van der Waals surface area contributed by atoms with Crippen LogP contribution in [0.2, 0.25) is 0 Å². The molecule has 1 unspecified atom stereocenters. The standard InChI is InChI=1S/C23H43O2PS/c1-18-10-12-19(13-11-18)23(2,3)20-14-16-21(17-15-20)25-26(27,24-4)22-8-6-5-7-9-22/h18-22H,5-17H2,1-4H3. The van der Waals surface area contributed by atoms with E-state index in [0.717, 1.165) is 17.8 Å². The summed E-state index contributed by atoms with van der Waals surface area (Å²) in [7, 11) is 1.80. The zero-order valence-corrected chi connectivity index (χ0v) is 20.0. The van der Waals surface area contributed by atoms with Crippen LogP contribution in [0.1, 0.15) is 104 Å². The summed E-state index contributed by atoms with van der Waals surface area (Å²) < 4.78 is 12.5. The van der Waals surface area contributed by atoms with Crippen LogP contribution >= 0.6 is 6.49 Å². The van der Waals surface area contributed by atoms with Crippen LogP contribution in [0.3, 0.4) is 0 Å². The lowest BCUT2D eigenvalue weighted by Crippen LogP contribution is -2.38. The van der Waals surface area contributed by atoms with Gasteiger partial charge in [0.1, 0.15) is 0 Å². The largest absolute Gasteiger partial charge is 0.332 e. The fourth-order valence-corrected chi connectivity index (χ4v) is 9.31. The second-order valence-corrected chi connectivity index (χ2v) is 14.3. The van der Waals surface area contributed by atoms with Gasteiger partial charge in [-0.1, -0.05) is 52.9 Å². The molecule has 0 aromatic heterocycles. The van der Waals surface area contributed by atoms with Gasteiger partial charge in [0.15, 0.2) is 6.49 Å². The maximum Gasteiger partial charge on any atom is 0.191 e. The van der Waals surface area contributed by atoms with Gasteiger partial charge in [-0.05, 0) is 86.3 Å². The van der Waals surface area contributed by atoms with E-state index >= 15 is 0 Å². The summed E-state index contributed by atoms with van der Waals surface area (Å²) >= 11 is 5.99. The van der Waals surface area contributed by atoms with Crippen LogP contribution < -0.4 is 0 Å². The molecule has 27 heavy (non-hydrogen) atoms. The monoisotopic (exact) mass is 414 g/mol. The molecular formula is C23H43O2PS. The Morgan fingerprint density at radius 1 is 0.778 bits per heavy atom. The van der Waals surface area contributed by atoms with Crippen molar-refractivity contribution < 1.29 is 9.05 Å². The molecule has 0 bridgehead atoms. The third-order valence-electron chi connectivity index (χ3n) is 8.37. The molecule has 3 saturated carbocycles. The summed E-state index contributed by atoms with van der Waals surface area (Å²) in [6, 6.07) is 0. The first-order valence-corrected chi connectivity index (χ1v) is 14.4. The molecule has 2 nitrogen and oxygen atoms in total. The van der Waals surface area contributed by atoms with E-state index < -0.39 is 6.49 Å². The van der Waals surface area contributed by atoms with E-state index in [-0.39, 0.29) is 0 Å². The van der Waals surface area contributed by atoms with Gasteiger partial charge >= 0.3 is 0 Å². The lowest BCUT2D eigenvalue weighted by atomic mass is 9.60. The van der Waals surface area contributed by atoms with E-state index in [4.69, 9.17) is 20.9 Å². The predicted molar refractivity (Wildman–Crippen MR) is 120 cm³/mol. The summed E-state index contributed by atoms with van der Waals surface area (Å²) in [4.78, 5) is 0. The smallest absolute Gasteiger partial charge is 0.191 e. The van der Waals surface area contributed by atoms with E-state index in [2.05, 4.69) is 20.8 Å². The average molecular weight is 415 g/mol. The number of hydrogen-bond acceptors (Lipinski definition) is 3. The molecule has 3 aliphatic carbocycles. The molecule has 0 aromatic rings. The molecule has 0 heterocycles. The van der Waals surface area contributed by atoms with Crippen LogP contribution in [0.25, 0.3) is 0 Å². The van der Waals surface area contributed by atoms with Crippen LogP contribution in [0.5, 0.6) is 0 Å². The zero-order chi connectivity index (χ0) is 19.5. The van der Waals surface area contributed by atoms with Gasteiger partial charge in [0.2, 0.25) is 0 Å². The molecule has 0 aromatic carbocycles. The zero-order valence-electron chi connectivity index (χ0n) is 18.3. The lowest BCUT2D eigenvalue weighted by Gasteiger charge is -2.47. The van der Waals surface area contributed by atoms with Crippen LogP contribution in [0.15, 0.2) is 0 Å². The summed E-state index contributed by atoms with van der Waals surface area (Å²) in [5, 5.41) is 0. The Morgan fingerprint density at radius 3 is 1.81 bits per heavy atom. The molecule has 158 valence electrons. The van der Waals surface area contributed by atoms with Gasteiger partial charge in [-0.25, -0.2) is 0 Å². The third kappa shape index (κ3) is 5.39. The van der Waals surface area contributed by atoms with Gasteiger partial charge in [-0.15, -0.1) is 0 Å². The van der Waals surface area contributed by atoms with Crippen LogP contribution in [-0.4, -0.2) is 18.9 Å². The molecular weight excluding hydrogens is 371 g/mol. The summed E-state index contributed by atoms with van der Waals surface area (Å²) in [5.41, 5.74) is 0.986. The van der Waals surface area contributed by atoms with Crippen molar-refractivity contribution in [2.75, 3.05) is 7.11 Å². The molecule has 0 radical (unpaired) electrons. The minimum absolute atomic E-state index is 0.344. The molecule has 1 atom stereocenters. The topological polar surface area (TPSA) is 18.5 Å². The Hall–Kier alpha value is 0.570. The normalized spacial score (nSPS) is 36.3. The Morgan fingerprint density at radius 2 is 1.30 bits per heavy atom. The van der Waals surface area contributed by atoms with Crippen LogP contribution in [-0.2, 0) is 20.9 Å². The SMILES string of the molecule is COP(=S)(OC1CCC(C(C)(C)C2CCC(C)CC2)CC1)C1CCCCC1. The molecule has 3 rings (SSSR count). The maximum atomic E-state index is 6.59. The van der Waals surface area contributed by atoms with Gasteiger partial charge in [0.25, 0.3) is 0 Å². The van der Waals surface area contributed by atoms with Crippen molar-refractivity contribution in [2.45, 2.75) is 116 Å².